The molecule has 1 rings (SSSR count). The highest BCUT2D eigenvalue weighted by atomic mass is 16.5. The minimum absolute atomic E-state index is 0.0477. The molecule has 1 aromatic rings. The van der Waals surface area contributed by atoms with Crippen LogP contribution in [0.4, 0.5) is 0 Å². The fourth-order valence-electron chi connectivity index (χ4n) is 2.14. The zero-order valence-corrected chi connectivity index (χ0v) is 14.4. The van der Waals surface area contributed by atoms with E-state index in [0.717, 1.165) is 0 Å². The average molecular weight is 324 g/mol. The maximum absolute atomic E-state index is 12.2. The maximum atomic E-state index is 12.2. The number of hydrogen-bond acceptors (Lipinski definition) is 5. The Balaban J connectivity index is 2.91. The Labute approximate surface area is 135 Å². The van der Waals surface area contributed by atoms with Crippen molar-refractivity contribution in [1.82, 2.24) is 10.3 Å². The van der Waals surface area contributed by atoms with Gasteiger partial charge in [-0.25, -0.2) is 9.59 Å². The number of rotatable bonds is 6. The Bertz CT molecular complexity index is 604. The number of amides is 1. The minimum atomic E-state index is -0.932. The van der Waals surface area contributed by atoms with E-state index >= 15 is 0 Å². The molecule has 0 saturated carbocycles. The van der Waals surface area contributed by atoms with E-state index in [-0.39, 0.29) is 24.2 Å². The quantitative estimate of drug-likeness (QED) is 0.779. The van der Waals surface area contributed by atoms with Gasteiger partial charge in [0.1, 0.15) is 5.69 Å². The molecule has 1 heterocycles. The van der Waals surface area contributed by atoms with Crippen LogP contribution in [0.5, 0.6) is 0 Å². The Morgan fingerprint density at radius 1 is 1.13 bits per heavy atom. The number of aromatic nitrogens is 1. The molecule has 1 aromatic heterocycles. The van der Waals surface area contributed by atoms with Gasteiger partial charge in [-0.3, -0.25) is 4.79 Å². The molecule has 0 aliphatic rings. The van der Waals surface area contributed by atoms with Gasteiger partial charge in [0, 0.05) is 11.7 Å². The zero-order valence-electron chi connectivity index (χ0n) is 14.4. The third-order valence-electron chi connectivity index (χ3n) is 3.21. The van der Waals surface area contributed by atoms with Gasteiger partial charge in [0.2, 0.25) is 0 Å². The number of carbonyl (C=O) groups excluding carboxylic acids is 3. The van der Waals surface area contributed by atoms with E-state index in [4.69, 9.17) is 9.47 Å². The number of H-pyrrole nitrogens is 1. The molecule has 0 radical (unpaired) electrons. The first-order valence-corrected chi connectivity index (χ1v) is 7.56. The van der Waals surface area contributed by atoms with Crippen LogP contribution >= 0.6 is 0 Å². The molecule has 7 nitrogen and oxygen atoms in total. The number of aryl methyl sites for hydroxylation is 1. The van der Waals surface area contributed by atoms with Crippen molar-refractivity contribution in [2.75, 3.05) is 6.61 Å². The van der Waals surface area contributed by atoms with Crippen molar-refractivity contribution in [1.29, 1.82) is 0 Å². The van der Waals surface area contributed by atoms with Crippen LogP contribution in [0.15, 0.2) is 0 Å². The SMILES string of the molecule is CCOC(=O)c1c(C)[nH]c(C(=O)O[C@H](C)C(=O)NC(C)C)c1C. The van der Waals surface area contributed by atoms with E-state index in [0.29, 0.717) is 16.8 Å². The molecular formula is C16H24N2O5. The Hall–Kier alpha value is -2.31. The summed E-state index contributed by atoms with van der Waals surface area (Å²) < 4.78 is 10.1. The van der Waals surface area contributed by atoms with Gasteiger partial charge < -0.3 is 19.8 Å². The number of aromatic amines is 1. The molecule has 0 spiro atoms. The first kappa shape index (κ1) is 18.7. The molecule has 128 valence electrons. The van der Waals surface area contributed by atoms with Crippen molar-refractivity contribution >= 4 is 17.8 Å². The van der Waals surface area contributed by atoms with E-state index in [2.05, 4.69) is 10.3 Å². The molecule has 0 aliphatic carbocycles. The molecule has 7 heteroatoms. The van der Waals surface area contributed by atoms with Crippen molar-refractivity contribution in [3.63, 3.8) is 0 Å². The van der Waals surface area contributed by atoms with Crippen molar-refractivity contribution in [3.05, 3.63) is 22.5 Å². The largest absolute Gasteiger partial charge is 0.462 e. The third kappa shape index (κ3) is 4.58. The van der Waals surface area contributed by atoms with Gasteiger partial charge in [-0.15, -0.1) is 0 Å². The summed E-state index contributed by atoms with van der Waals surface area (Å²) >= 11 is 0. The van der Waals surface area contributed by atoms with Crippen molar-refractivity contribution in [2.45, 2.75) is 53.7 Å². The average Bonchev–Trinajstić information content (AvgIpc) is 2.73. The van der Waals surface area contributed by atoms with Gasteiger partial charge in [-0.1, -0.05) is 0 Å². The predicted octanol–water partition coefficient (Wildman–Crippen LogP) is 1.88. The minimum Gasteiger partial charge on any atom is -0.462 e. The highest BCUT2D eigenvalue weighted by Gasteiger charge is 2.26. The second-order valence-electron chi connectivity index (χ2n) is 5.56. The fourth-order valence-corrected chi connectivity index (χ4v) is 2.14. The van der Waals surface area contributed by atoms with Crippen LogP contribution in [-0.2, 0) is 14.3 Å². The molecule has 0 aromatic carbocycles. The van der Waals surface area contributed by atoms with Gasteiger partial charge in [0.05, 0.1) is 12.2 Å². The van der Waals surface area contributed by atoms with E-state index in [9.17, 15) is 14.4 Å². The number of ether oxygens (including phenoxy) is 2. The first-order valence-electron chi connectivity index (χ1n) is 7.56. The summed E-state index contributed by atoms with van der Waals surface area (Å²) in [6, 6.07) is -0.0477. The third-order valence-corrected chi connectivity index (χ3v) is 3.21. The van der Waals surface area contributed by atoms with Gasteiger partial charge in [-0.2, -0.15) is 0 Å². The highest BCUT2D eigenvalue weighted by Crippen LogP contribution is 2.20. The monoisotopic (exact) mass is 324 g/mol. The van der Waals surface area contributed by atoms with E-state index in [1.165, 1.54) is 6.92 Å². The Kier molecular flexibility index (Phi) is 6.36. The van der Waals surface area contributed by atoms with Crippen molar-refractivity contribution in [2.24, 2.45) is 0 Å². The van der Waals surface area contributed by atoms with Gasteiger partial charge in [0.25, 0.3) is 5.91 Å². The maximum Gasteiger partial charge on any atom is 0.355 e. The molecule has 0 bridgehead atoms. The second kappa shape index (κ2) is 7.80. The molecule has 1 amide bonds. The molecule has 0 fully saturated rings. The summed E-state index contributed by atoms with van der Waals surface area (Å²) in [7, 11) is 0. The van der Waals surface area contributed by atoms with Gasteiger partial charge in [-0.05, 0) is 47.1 Å². The number of carbonyl (C=O) groups is 3. The second-order valence-corrected chi connectivity index (χ2v) is 5.56. The highest BCUT2D eigenvalue weighted by molar-refractivity contribution is 5.99. The lowest BCUT2D eigenvalue weighted by Gasteiger charge is -2.15. The van der Waals surface area contributed by atoms with Crippen LogP contribution in [0.3, 0.4) is 0 Å². The van der Waals surface area contributed by atoms with Crippen LogP contribution in [0.2, 0.25) is 0 Å². The normalized spacial score (nSPS) is 12.0. The smallest absolute Gasteiger partial charge is 0.355 e. The Morgan fingerprint density at radius 2 is 1.74 bits per heavy atom. The molecule has 0 unspecified atom stereocenters. The lowest BCUT2D eigenvalue weighted by atomic mass is 10.1. The van der Waals surface area contributed by atoms with E-state index in [1.54, 1.807) is 20.8 Å². The summed E-state index contributed by atoms with van der Waals surface area (Å²) in [5.41, 5.74) is 1.43. The molecule has 23 heavy (non-hydrogen) atoms. The number of nitrogens with one attached hydrogen (secondary N) is 2. The van der Waals surface area contributed by atoms with Crippen molar-refractivity contribution in [3.8, 4) is 0 Å². The lowest BCUT2D eigenvalue weighted by molar-refractivity contribution is -0.129. The molecule has 2 N–H and O–H groups in total. The van der Waals surface area contributed by atoms with Crippen LogP contribution < -0.4 is 5.32 Å². The predicted molar refractivity (Wildman–Crippen MR) is 84.4 cm³/mol. The summed E-state index contributed by atoms with van der Waals surface area (Å²) in [5, 5.41) is 2.67. The van der Waals surface area contributed by atoms with Crippen LogP contribution in [0, 0.1) is 13.8 Å². The van der Waals surface area contributed by atoms with E-state index < -0.39 is 18.0 Å². The molecular weight excluding hydrogens is 300 g/mol. The lowest BCUT2D eigenvalue weighted by Crippen LogP contribution is -2.39. The van der Waals surface area contributed by atoms with Crippen molar-refractivity contribution < 1.29 is 23.9 Å². The summed E-state index contributed by atoms with van der Waals surface area (Å²) in [4.78, 5) is 38.8. The zero-order chi connectivity index (χ0) is 17.7. The van der Waals surface area contributed by atoms with E-state index in [1.807, 2.05) is 13.8 Å². The fraction of sp³-hybridized carbons (Fsp3) is 0.562. The number of hydrogen-bond donors (Lipinski definition) is 2. The van der Waals surface area contributed by atoms with Gasteiger partial charge in [0.15, 0.2) is 6.10 Å². The van der Waals surface area contributed by atoms with Crippen LogP contribution in [0.1, 0.15) is 59.8 Å². The molecule has 0 aliphatic heterocycles. The molecule has 1 atom stereocenters. The topological polar surface area (TPSA) is 97.5 Å². The van der Waals surface area contributed by atoms with Gasteiger partial charge >= 0.3 is 11.9 Å². The molecule has 0 saturated heterocycles. The Morgan fingerprint density at radius 3 is 2.26 bits per heavy atom. The summed E-state index contributed by atoms with van der Waals surface area (Å²) in [6.45, 7) is 10.4. The first-order chi connectivity index (χ1) is 10.7. The number of esters is 2. The summed E-state index contributed by atoms with van der Waals surface area (Å²) in [6.07, 6.45) is -0.932. The summed E-state index contributed by atoms with van der Waals surface area (Å²) in [5.74, 6) is -1.56. The standard InChI is InChI=1S/C16H24N2O5/c1-7-22-15(20)12-9(4)13(18-10(12)5)16(21)23-11(6)14(19)17-8(2)3/h8,11,18H,7H2,1-6H3,(H,17,19)/t11-/m1/s1. The van der Waals surface area contributed by atoms with Crippen LogP contribution in [0.25, 0.3) is 0 Å². The van der Waals surface area contributed by atoms with Crippen LogP contribution in [-0.4, -0.2) is 41.6 Å².